The number of amides is 4. The van der Waals surface area contributed by atoms with Crippen LogP contribution >= 0.6 is 23.2 Å². The van der Waals surface area contributed by atoms with Crippen molar-refractivity contribution in [2.24, 2.45) is 0 Å². The fourth-order valence-electron chi connectivity index (χ4n) is 4.74. The summed E-state index contributed by atoms with van der Waals surface area (Å²) >= 11 is 12.3. The molecule has 0 aromatic heterocycles. The van der Waals surface area contributed by atoms with Gasteiger partial charge in [-0.25, -0.2) is 9.59 Å². The first-order chi connectivity index (χ1) is 18.6. The molecule has 2 N–H and O–H groups in total. The fraction of sp³-hybridized carbons (Fsp3) is 0.286. The van der Waals surface area contributed by atoms with Crippen LogP contribution in [0, 0.1) is 0 Å². The minimum absolute atomic E-state index is 0.304. The van der Waals surface area contributed by atoms with Gasteiger partial charge in [0, 0.05) is 28.0 Å². The van der Waals surface area contributed by atoms with Crippen LogP contribution in [-0.4, -0.2) is 59.7 Å². The van der Waals surface area contributed by atoms with E-state index >= 15 is 0 Å². The first kappa shape index (κ1) is 28.4. The number of carbonyl (C=O) groups excluding carboxylic acids is 2. The summed E-state index contributed by atoms with van der Waals surface area (Å²) in [6.07, 6.45) is -0.598. The average Bonchev–Trinajstić information content (AvgIpc) is 3.10. The maximum atomic E-state index is 13.9. The van der Waals surface area contributed by atoms with Crippen LogP contribution in [0.4, 0.5) is 21.0 Å². The highest BCUT2D eigenvalue weighted by Gasteiger charge is 2.55. The van der Waals surface area contributed by atoms with Gasteiger partial charge >= 0.3 is 12.1 Å². The van der Waals surface area contributed by atoms with Crippen LogP contribution < -0.4 is 19.7 Å². The van der Waals surface area contributed by atoms with Gasteiger partial charge < -0.3 is 19.7 Å². The minimum Gasteiger partial charge on any atom is -0.493 e. The van der Waals surface area contributed by atoms with Crippen molar-refractivity contribution in [1.82, 2.24) is 9.96 Å². The molecule has 206 valence electrons. The van der Waals surface area contributed by atoms with Crippen molar-refractivity contribution >= 4 is 46.6 Å². The summed E-state index contributed by atoms with van der Waals surface area (Å²) in [5, 5.41) is 15.2. The molecule has 0 aliphatic carbocycles. The molecule has 11 heteroatoms. The third kappa shape index (κ3) is 5.85. The normalized spacial score (nSPS) is 16.3. The van der Waals surface area contributed by atoms with Crippen LogP contribution in [0.5, 0.6) is 11.5 Å². The average molecular weight is 573 g/mol. The number of rotatable bonds is 8. The van der Waals surface area contributed by atoms with Crippen LogP contribution in [0.2, 0.25) is 10.0 Å². The van der Waals surface area contributed by atoms with Crippen LogP contribution in [-0.2, 0) is 6.42 Å². The SMILES string of the molecule is COc1ccc(CCN2C(=O)N(c3cccc(Cl)c3)[C@@H](N(O)C(=O)Nc3cccc(Cl)c3)C2(C)C)cc1OC. The summed E-state index contributed by atoms with van der Waals surface area (Å²) in [6.45, 7) is 3.90. The van der Waals surface area contributed by atoms with E-state index in [9.17, 15) is 14.8 Å². The number of methoxy groups -OCH3 is 2. The lowest BCUT2D eigenvalue weighted by Gasteiger charge is -2.38. The number of ether oxygens (including phenoxy) is 2. The molecule has 1 fully saturated rings. The highest BCUT2D eigenvalue weighted by atomic mass is 35.5. The standard InChI is InChI=1S/C28H30Cl2N4O5/c1-28(2)25(34(37)26(35)31-21-9-5-7-19(29)16-21)33(22-10-6-8-20(30)17-22)27(36)32(28)14-13-18-11-12-23(38-3)24(15-18)39-4/h5-12,15-17,25,37H,13-14H2,1-4H3,(H,31,35)/t25-/m0/s1. The van der Waals surface area contributed by atoms with E-state index in [1.807, 2.05) is 18.2 Å². The van der Waals surface area contributed by atoms with E-state index in [0.717, 1.165) is 5.56 Å². The van der Waals surface area contributed by atoms with Gasteiger partial charge in [-0.15, -0.1) is 0 Å². The molecular formula is C28H30Cl2N4O5. The monoisotopic (exact) mass is 572 g/mol. The van der Waals surface area contributed by atoms with Gasteiger partial charge in [0.2, 0.25) is 0 Å². The van der Waals surface area contributed by atoms with Crippen molar-refractivity contribution in [3.8, 4) is 11.5 Å². The van der Waals surface area contributed by atoms with Gasteiger partial charge in [0.25, 0.3) is 0 Å². The molecule has 3 aromatic rings. The van der Waals surface area contributed by atoms with Gasteiger partial charge in [-0.3, -0.25) is 10.1 Å². The number of benzene rings is 3. The number of nitrogens with zero attached hydrogens (tertiary/aromatic N) is 3. The number of carbonyl (C=O) groups is 2. The summed E-state index contributed by atoms with van der Waals surface area (Å²) in [7, 11) is 3.13. The first-order valence-corrected chi connectivity index (χ1v) is 12.9. The Labute approximate surface area is 237 Å². The Kier molecular flexibility index (Phi) is 8.44. The molecule has 1 saturated heterocycles. The predicted octanol–water partition coefficient (Wildman–Crippen LogP) is 6.52. The highest BCUT2D eigenvalue weighted by Crippen LogP contribution is 2.39. The topological polar surface area (TPSA) is 94.6 Å². The molecule has 0 spiro atoms. The number of anilines is 2. The van der Waals surface area contributed by atoms with E-state index in [0.29, 0.717) is 50.9 Å². The van der Waals surface area contributed by atoms with Crippen LogP contribution in [0.1, 0.15) is 19.4 Å². The summed E-state index contributed by atoms with van der Waals surface area (Å²) in [6, 6.07) is 17.6. The van der Waals surface area contributed by atoms with Crippen LogP contribution in [0.25, 0.3) is 0 Å². The lowest BCUT2D eigenvalue weighted by Crippen LogP contribution is -2.58. The van der Waals surface area contributed by atoms with Crippen molar-refractivity contribution in [2.45, 2.75) is 32.0 Å². The van der Waals surface area contributed by atoms with Crippen LogP contribution in [0.15, 0.2) is 66.7 Å². The number of nitrogens with one attached hydrogen (secondary N) is 1. The molecule has 39 heavy (non-hydrogen) atoms. The van der Waals surface area contributed by atoms with E-state index in [1.54, 1.807) is 81.5 Å². The molecule has 1 aliphatic rings. The summed E-state index contributed by atoms with van der Waals surface area (Å²) in [5.74, 6) is 1.19. The van der Waals surface area contributed by atoms with Crippen molar-refractivity contribution < 1.29 is 24.3 Å². The van der Waals surface area contributed by atoms with E-state index in [-0.39, 0.29) is 6.03 Å². The number of halogens is 2. The van der Waals surface area contributed by atoms with Gasteiger partial charge in [-0.05, 0) is 74.4 Å². The molecule has 0 radical (unpaired) electrons. The van der Waals surface area contributed by atoms with E-state index in [2.05, 4.69) is 5.32 Å². The molecule has 3 aromatic carbocycles. The second kappa shape index (κ2) is 11.6. The van der Waals surface area contributed by atoms with Crippen molar-refractivity contribution in [3.05, 3.63) is 82.3 Å². The zero-order chi connectivity index (χ0) is 28.3. The largest absolute Gasteiger partial charge is 0.493 e. The molecule has 0 unspecified atom stereocenters. The Hall–Kier alpha value is -3.66. The molecule has 9 nitrogen and oxygen atoms in total. The van der Waals surface area contributed by atoms with Gasteiger partial charge in [-0.2, -0.15) is 5.06 Å². The minimum atomic E-state index is -1.09. The third-order valence-electron chi connectivity index (χ3n) is 6.68. The molecule has 4 rings (SSSR count). The zero-order valence-corrected chi connectivity index (χ0v) is 23.5. The lowest BCUT2D eigenvalue weighted by atomic mass is 9.99. The van der Waals surface area contributed by atoms with E-state index < -0.39 is 17.7 Å². The summed E-state index contributed by atoms with van der Waals surface area (Å²) < 4.78 is 10.7. The number of hydrogen-bond donors (Lipinski definition) is 2. The van der Waals surface area contributed by atoms with E-state index in [1.165, 1.54) is 4.90 Å². The van der Waals surface area contributed by atoms with E-state index in [4.69, 9.17) is 32.7 Å². The van der Waals surface area contributed by atoms with Crippen molar-refractivity contribution in [2.75, 3.05) is 31.0 Å². The van der Waals surface area contributed by atoms with Crippen LogP contribution in [0.3, 0.4) is 0 Å². The second-order valence-corrected chi connectivity index (χ2v) is 10.4. The molecule has 0 saturated carbocycles. The number of urea groups is 2. The molecule has 4 amide bonds. The molecule has 1 heterocycles. The Morgan fingerprint density at radius 3 is 2.31 bits per heavy atom. The molecule has 1 aliphatic heterocycles. The van der Waals surface area contributed by atoms with Gasteiger partial charge in [0.05, 0.1) is 19.8 Å². The predicted molar refractivity (Wildman–Crippen MR) is 151 cm³/mol. The Balaban J connectivity index is 1.65. The highest BCUT2D eigenvalue weighted by molar-refractivity contribution is 6.31. The maximum Gasteiger partial charge on any atom is 0.347 e. The van der Waals surface area contributed by atoms with Gasteiger partial charge in [0.15, 0.2) is 17.7 Å². The number of hydrogen-bond acceptors (Lipinski definition) is 5. The smallest absolute Gasteiger partial charge is 0.347 e. The third-order valence-corrected chi connectivity index (χ3v) is 7.15. The Morgan fingerprint density at radius 2 is 1.67 bits per heavy atom. The fourth-order valence-corrected chi connectivity index (χ4v) is 5.12. The molecule has 1 atom stereocenters. The van der Waals surface area contributed by atoms with Crippen molar-refractivity contribution in [3.63, 3.8) is 0 Å². The summed E-state index contributed by atoms with van der Waals surface area (Å²) in [5.41, 5.74) is 0.742. The quantitative estimate of drug-likeness (QED) is 0.236. The maximum absolute atomic E-state index is 13.9. The zero-order valence-electron chi connectivity index (χ0n) is 22.0. The molecular weight excluding hydrogens is 543 g/mol. The van der Waals surface area contributed by atoms with Gasteiger partial charge in [0.1, 0.15) is 0 Å². The van der Waals surface area contributed by atoms with Gasteiger partial charge in [-0.1, -0.05) is 41.4 Å². The molecule has 0 bridgehead atoms. The lowest BCUT2D eigenvalue weighted by molar-refractivity contribution is -0.0947. The summed E-state index contributed by atoms with van der Waals surface area (Å²) in [4.78, 5) is 30.1. The first-order valence-electron chi connectivity index (χ1n) is 12.2. The Morgan fingerprint density at radius 1 is 1.00 bits per heavy atom. The van der Waals surface area contributed by atoms with Crippen molar-refractivity contribution in [1.29, 1.82) is 0 Å². The second-order valence-electron chi connectivity index (χ2n) is 9.54. The Bertz CT molecular complexity index is 1370. The number of hydroxylamine groups is 2.